The number of amides is 1. The molecule has 1 aliphatic heterocycles. The monoisotopic (exact) mass is 287 g/mol. The van der Waals surface area contributed by atoms with Crippen LogP contribution in [0.2, 0.25) is 0 Å². The summed E-state index contributed by atoms with van der Waals surface area (Å²) in [5.41, 5.74) is -0.348. The van der Waals surface area contributed by atoms with Gasteiger partial charge >= 0.3 is 5.82 Å². The maximum atomic E-state index is 12.0. The topological polar surface area (TPSA) is 97.3 Å². The number of nitro groups is 1. The first kappa shape index (κ1) is 13.8. The Hall–Kier alpha value is -1.60. The zero-order valence-electron chi connectivity index (χ0n) is 10.1. The van der Waals surface area contributed by atoms with Gasteiger partial charge in [0, 0.05) is 25.2 Å². The SMILES string of the molecule is O=C(NC1(CCl)CCOCC1)c1ccc([N+](=O)[O-])[nH]1. The number of halogens is 1. The number of nitrogens with zero attached hydrogens (tertiary/aromatic N) is 1. The average Bonchev–Trinajstić information content (AvgIpc) is 2.89. The molecule has 0 atom stereocenters. The smallest absolute Gasteiger partial charge is 0.321 e. The number of H-pyrrole nitrogens is 1. The second-order valence-electron chi connectivity index (χ2n) is 4.49. The fraction of sp³-hybridized carbons (Fsp3) is 0.545. The third-order valence-corrected chi connectivity index (χ3v) is 3.71. The summed E-state index contributed by atoms with van der Waals surface area (Å²) in [6, 6.07) is 2.64. The minimum Gasteiger partial charge on any atom is -0.381 e. The summed E-state index contributed by atoms with van der Waals surface area (Å²) in [6.45, 7) is 1.08. The molecule has 7 nitrogen and oxygen atoms in total. The fourth-order valence-corrected chi connectivity index (χ4v) is 2.32. The second kappa shape index (κ2) is 5.58. The summed E-state index contributed by atoms with van der Waals surface area (Å²) in [5.74, 6) is -0.321. The van der Waals surface area contributed by atoms with Crippen molar-refractivity contribution in [1.82, 2.24) is 10.3 Å². The molecule has 1 fully saturated rings. The minimum absolute atomic E-state index is 0.155. The Labute approximate surface area is 114 Å². The molecule has 2 heterocycles. The normalized spacial score (nSPS) is 17.9. The summed E-state index contributed by atoms with van der Waals surface area (Å²) >= 11 is 5.94. The van der Waals surface area contributed by atoms with Crippen molar-refractivity contribution in [2.75, 3.05) is 19.1 Å². The van der Waals surface area contributed by atoms with Crippen LogP contribution in [0.4, 0.5) is 5.82 Å². The van der Waals surface area contributed by atoms with Crippen molar-refractivity contribution in [3.8, 4) is 0 Å². The first-order valence-electron chi connectivity index (χ1n) is 5.86. The van der Waals surface area contributed by atoms with Crippen LogP contribution in [0.25, 0.3) is 0 Å². The van der Waals surface area contributed by atoms with Crippen molar-refractivity contribution in [2.24, 2.45) is 0 Å². The van der Waals surface area contributed by atoms with Crippen molar-refractivity contribution in [1.29, 1.82) is 0 Å². The van der Waals surface area contributed by atoms with Gasteiger partial charge < -0.3 is 20.2 Å². The van der Waals surface area contributed by atoms with E-state index >= 15 is 0 Å². The molecular formula is C11H14ClN3O4. The van der Waals surface area contributed by atoms with Crippen LogP contribution in [0, 0.1) is 10.1 Å². The molecule has 0 aromatic carbocycles. The van der Waals surface area contributed by atoms with Gasteiger partial charge in [-0.05, 0) is 23.8 Å². The van der Waals surface area contributed by atoms with Gasteiger partial charge in [0.15, 0.2) is 5.69 Å². The van der Waals surface area contributed by atoms with E-state index in [-0.39, 0.29) is 17.4 Å². The molecule has 1 amide bonds. The lowest BCUT2D eigenvalue weighted by molar-refractivity contribution is -0.389. The molecule has 1 saturated heterocycles. The highest BCUT2D eigenvalue weighted by molar-refractivity contribution is 6.19. The molecule has 1 aromatic heterocycles. The predicted molar refractivity (Wildman–Crippen MR) is 68.4 cm³/mol. The molecule has 0 spiro atoms. The van der Waals surface area contributed by atoms with Crippen molar-refractivity contribution in [3.05, 3.63) is 27.9 Å². The van der Waals surface area contributed by atoms with Crippen molar-refractivity contribution in [3.63, 3.8) is 0 Å². The largest absolute Gasteiger partial charge is 0.381 e. The van der Waals surface area contributed by atoms with Crippen LogP contribution in [-0.2, 0) is 4.74 Å². The maximum absolute atomic E-state index is 12.0. The standard InChI is InChI=1S/C11H14ClN3O4/c12-7-11(3-5-19-6-4-11)14-10(16)8-1-2-9(13-8)15(17)18/h1-2,13H,3-7H2,(H,14,16). The van der Waals surface area contributed by atoms with E-state index in [0.717, 1.165) is 0 Å². The van der Waals surface area contributed by atoms with E-state index in [1.807, 2.05) is 0 Å². The summed E-state index contributed by atoms with van der Waals surface area (Å²) in [5, 5.41) is 13.4. The Morgan fingerprint density at radius 3 is 2.74 bits per heavy atom. The number of ether oxygens (including phenoxy) is 1. The maximum Gasteiger partial charge on any atom is 0.321 e. The molecule has 0 radical (unpaired) electrons. The van der Waals surface area contributed by atoms with E-state index in [4.69, 9.17) is 16.3 Å². The zero-order valence-corrected chi connectivity index (χ0v) is 10.9. The van der Waals surface area contributed by atoms with Crippen molar-refractivity contribution >= 4 is 23.3 Å². The summed E-state index contributed by atoms with van der Waals surface area (Å²) in [7, 11) is 0. The van der Waals surface area contributed by atoms with Gasteiger partial charge in [0.1, 0.15) is 0 Å². The summed E-state index contributed by atoms with van der Waals surface area (Å²) < 4.78 is 5.24. The molecule has 1 aromatic rings. The highest BCUT2D eigenvalue weighted by Crippen LogP contribution is 2.23. The number of alkyl halides is 1. The Bertz CT molecular complexity index is 482. The Morgan fingerprint density at radius 1 is 1.53 bits per heavy atom. The van der Waals surface area contributed by atoms with Gasteiger partial charge in [0.25, 0.3) is 5.91 Å². The van der Waals surface area contributed by atoms with E-state index in [2.05, 4.69) is 10.3 Å². The molecular weight excluding hydrogens is 274 g/mol. The molecule has 19 heavy (non-hydrogen) atoms. The van der Waals surface area contributed by atoms with Crippen LogP contribution in [-0.4, -0.2) is 40.4 Å². The van der Waals surface area contributed by atoms with Crippen molar-refractivity contribution < 1.29 is 14.5 Å². The number of nitrogens with one attached hydrogen (secondary N) is 2. The zero-order chi connectivity index (χ0) is 13.9. The highest BCUT2D eigenvalue weighted by atomic mass is 35.5. The van der Waals surface area contributed by atoms with E-state index in [1.54, 1.807) is 0 Å². The molecule has 0 saturated carbocycles. The van der Waals surface area contributed by atoms with Crippen LogP contribution in [0.1, 0.15) is 23.3 Å². The lowest BCUT2D eigenvalue weighted by Crippen LogP contribution is -2.53. The van der Waals surface area contributed by atoms with E-state index in [9.17, 15) is 14.9 Å². The Morgan fingerprint density at radius 2 is 2.21 bits per heavy atom. The molecule has 2 rings (SSSR count). The van der Waals surface area contributed by atoms with Crippen LogP contribution in [0.15, 0.2) is 12.1 Å². The van der Waals surface area contributed by atoms with Gasteiger partial charge in [-0.25, -0.2) is 4.98 Å². The number of aromatic nitrogens is 1. The molecule has 8 heteroatoms. The Kier molecular flexibility index (Phi) is 4.06. The number of carbonyl (C=O) groups is 1. The number of carbonyl (C=O) groups excluding carboxylic acids is 1. The molecule has 0 aliphatic carbocycles. The molecule has 0 unspecified atom stereocenters. The number of hydrogen-bond donors (Lipinski definition) is 2. The third kappa shape index (κ3) is 3.05. The number of rotatable bonds is 4. The minimum atomic E-state index is -0.581. The third-order valence-electron chi connectivity index (χ3n) is 3.20. The van der Waals surface area contributed by atoms with E-state index < -0.39 is 16.4 Å². The highest BCUT2D eigenvalue weighted by Gasteiger charge is 2.34. The Balaban J connectivity index is 2.08. The van der Waals surface area contributed by atoms with Gasteiger partial charge in [-0.1, -0.05) is 0 Å². The number of hydrogen-bond acceptors (Lipinski definition) is 4. The quantitative estimate of drug-likeness (QED) is 0.497. The van der Waals surface area contributed by atoms with Crippen LogP contribution < -0.4 is 5.32 Å². The summed E-state index contributed by atoms with van der Waals surface area (Å²) in [6.07, 6.45) is 1.26. The van der Waals surface area contributed by atoms with Crippen LogP contribution in [0.3, 0.4) is 0 Å². The molecule has 0 bridgehead atoms. The first-order valence-corrected chi connectivity index (χ1v) is 6.39. The van der Waals surface area contributed by atoms with Crippen molar-refractivity contribution in [2.45, 2.75) is 18.4 Å². The van der Waals surface area contributed by atoms with E-state index in [1.165, 1.54) is 12.1 Å². The van der Waals surface area contributed by atoms with Crippen LogP contribution in [0.5, 0.6) is 0 Å². The fourth-order valence-electron chi connectivity index (χ4n) is 1.98. The van der Waals surface area contributed by atoms with Gasteiger partial charge in [0.2, 0.25) is 0 Å². The van der Waals surface area contributed by atoms with Gasteiger partial charge in [-0.3, -0.25) is 4.79 Å². The molecule has 1 aliphatic rings. The second-order valence-corrected chi connectivity index (χ2v) is 4.76. The predicted octanol–water partition coefficient (Wildman–Crippen LogP) is 1.44. The van der Waals surface area contributed by atoms with Crippen LogP contribution >= 0.6 is 11.6 Å². The first-order chi connectivity index (χ1) is 9.06. The molecule has 104 valence electrons. The lowest BCUT2D eigenvalue weighted by Gasteiger charge is -2.35. The van der Waals surface area contributed by atoms with Gasteiger partial charge in [0.05, 0.1) is 5.54 Å². The molecule has 2 N–H and O–H groups in total. The van der Waals surface area contributed by atoms with E-state index in [0.29, 0.717) is 26.1 Å². The summed E-state index contributed by atoms with van der Waals surface area (Å²) in [4.78, 5) is 24.5. The van der Waals surface area contributed by atoms with Gasteiger partial charge in [-0.2, -0.15) is 0 Å². The lowest BCUT2D eigenvalue weighted by atomic mass is 9.92. The number of aromatic amines is 1. The average molecular weight is 288 g/mol. The van der Waals surface area contributed by atoms with Gasteiger partial charge in [-0.15, -0.1) is 11.6 Å².